The monoisotopic (exact) mass is 922 g/mol. The minimum Gasteiger partial charge on any atom is -0.394 e. The molecule has 0 bridgehead atoms. The lowest BCUT2D eigenvalue weighted by Crippen LogP contribution is -2.60. The molecule has 9 nitrogen and oxygen atoms in total. The number of amides is 1. The van der Waals surface area contributed by atoms with Crippen molar-refractivity contribution in [3.8, 4) is 0 Å². The van der Waals surface area contributed by atoms with Crippen molar-refractivity contribution in [2.24, 2.45) is 0 Å². The Morgan fingerprint density at radius 2 is 0.939 bits per heavy atom. The molecule has 0 aromatic carbocycles. The Hall–Kier alpha value is -3.15. The van der Waals surface area contributed by atoms with E-state index in [9.17, 15) is 30.3 Å². The highest BCUT2D eigenvalue weighted by molar-refractivity contribution is 5.76. The molecular weight excluding hydrogens is 827 g/mol. The van der Waals surface area contributed by atoms with E-state index in [4.69, 9.17) is 9.47 Å². The summed E-state index contributed by atoms with van der Waals surface area (Å²) in [5, 5.41) is 54.2. The third-order valence-corrected chi connectivity index (χ3v) is 11.6. The van der Waals surface area contributed by atoms with Crippen LogP contribution >= 0.6 is 0 Å². The second-order valence-corrected chi connectivity index (χ2v) is 17.6. The van der Waals surface area contributed by atoms with Gasteiger partial charge in [0.1, 0.15) is 24.4 Å². The van der Waals surface area contributed by atoms with E-state index in [2.05, 4.69) is 116 Å². The topological polar surface area (TPSA) is 149 Å². The van der Waals surface area contributed by atoms with Crippen LogP contribution < -0.4 is 5.32 Å². The van der Waals surface area contributed by atoms with Gasteiger partial charge >= 0.3 is 0 Å². The van der Waals surface area contributed by atoms with Crippen LogP contribution in [0.5, 0.6) is 0 Å². The second-order valence-electron chi connectivity index (χ2n) is 17.6. The van der Waals surface area contributed by atoms with Gasteiger partial charge in [0, 0.05) is 6.42 Å². The molecule has 1 saturated heterocycles. The third-order valence-electron chi connectivity index (χ3n) is 11.6. The van der Waals surface area contributed by atoms with Crippen LogP contribution in [0.4, 0.5) is 0 Å². The molecule has 6 N–H and O–H groups in total. The second kappa shape index (κ2) is 45.6. The molecule has 7 unspecified atom stereocenters. The summed E-state index contributed by atoms with van der Waals surface area (Å²) in [5.74, 6) is -0.198. The Kier molecular flexibility index (Phi) is 42.1. The fraction of sp³-hybridized carbons (Fsp3) is 0.667. The van der Waals surface area contributed by atoms with Gasteiger partial charge in [0.25, 0.3) is 0 Å². The van der Waals surface area contributed by atoms with Gasteiger partial charge in [-0.15, -0.1) is 0 Å². The number of nitrogens with one attached hydrogen (secondary N) is 1. The summed E-state index contributed by atoms with van der Waals surface area (Å²) in [7, 11) is 0. The molecule has 0 aromatic rings. The SMILES string of the molecule is CC/C=C\C/C=C\C/C=C\C/C=C\C/C=C\C/C=C\C/C=C\C/C=C\CCCCCCCCC(=O)NC(COC1OC(CO)C(O)C(O)C1O)C(O)/C=C/CCCCCCCCCCCC. The number of aliphatic hydroxyl groups is 5. The molecule has 0 saturated carbocycles. The molecule has 376 valence electrons. The molecule has 1 heterocycles. The van der Waals surface area contributed by atoms with Crippen molar-refractivity contribution in [1.29, 1.82) is 0 Å². The minimum atomic E-state index is -1.57. The van der Waals surface area contributed by atoms with E-state index >= 15 is 0 Å². The lowest BCUT2D eigenvalue weighted by atomic mass is 9.99. The van der Waals surface area contributed by atoms with Crippen LogP contribution in [0.2, 0.25) is 0 Å². The van der Waals surface area contributed by atoms with Crippen LogP contribution in [0.3, 0.4) is 0 Å². The molecule has 1 fully saturated rings. The van der Waals surface area contributed by atoms with Gasteiger partial charge in [-0.1, -0.05) is 207 Å². The quantitative estimate of drug-likeness (QED) is 0.0262. The van der Waals surface area contributed by atoms with Gasteiger partial charge in [-0.2, -0.15) is 0 Å². The van der Waals surface area contributed by atoms with Gasteiger partial charge in [-0.3, -0.25) is 4.79 Å². The van der Waals surface area contributed by atoms with E-state index in [1.165, 1.54) is 51.4 Å². The summed E-state index contributed by atoms with van der Waals surface area (Å²) in [6.45, 7) is 3.62. The van der Waals surface area contributed by atoms with Crippen molar-refractivity contribution in [2.75, 3.05) is 13.2 Å². The molecule has 1 amide bonds. The third kappa shape index (κ3) is 35.1. The predicted molar refractivity (Wildman–Crippen MR) is 276 cm³/mol. The largest absolute Gasteiger partial charge is 0.394 e. The zero-order valence-corrected chi connectivity index (χ0v) is 41.4. The number of carbonyl (C=O) groups excluding carboxylic acids is 1. The molecule has 0 spiro atoms. The number of allylic oxidation sites excluding steroid dienone is 17. The Morgan fingerprint density at radius 1 is 0.530 bits per heavy atom. The maximum atomic E-state index is 13.0. The first kappa shape index (κ1) is 60.9. The van der Waals surface area contributed by atoms with Gasteiger partial charge in [-0.05, 0) is 83.5 Å². The highest BCUT2D eigenvalue weighted by Gasteiger charge is 2.44. The standard InChI is InChI=1S/C57H95NO8/c1-3-5-7-9-11-13-15-17-18-19-20-21-22-23-24-25-26-27-28-29-30-31-32-33-34-35-37-39-41-43-45-47-53(61)58-50(49-65-57-56(64)55(63)54(62)52(48-59)66-57)51(60)46-44-42-40-38-36-16-14-12-10-8-6-4-2/h5,7,11,13,17-18,20-21,23-24,26-27,29-30,32-33,44,46,50-52,54-57,59-60,62-64H,3-4,6,8-10,12,14-16,19,22,25,28,31,34-43,45,47-49H2,1-2H3,(H,58,61)/b7-5-,13-11-,18-17-,21-20-,24-23-,27-26-,30-29-,33-32-,46-44+. The summed E-state index contributed by atoms with van der Waals surface area (Å²) in [6, 6.07) is -0.819. The first-order valence-corrected chi connectivity index (χ1v) is 26.1. The van der Waals surface area contributed by atoms with E-state index in [-0.39, 0.29) is 12.5 Å². The Bertz CT molecular complexity index is 1390. The average molecular weight is 922 g/mol. The molecule has 0 aliphatic carbocycles. The zero-order chi connectivity index (χ0) is 48.0. The van der Waals surface area contributed by atoms with Gasteiger partial charge in [0.2, 0.25) is 5.91 Å². The first-order chi connectivity index (χ1) is 32.3. The van der Waals surface area contributed by atoms with Crippen LogP contribution in [0, 0.1) is 0 Å². The lowest BCUT2D eigenvalue weighted by Gasteiger charge is -2.40. The van der Waals surface area contributed by atoms with Crippen LogP contribution in [0.25, 0.3) is 0 Å². The zero-order valence-electron chi connectivity index (χ0n) is 41.4. The number of unbranched alkanes of at least 4 members (excludes halogenated alkanes) is 16. The summed E-state index contributed by atoms with van der Waals surface area (Å²) >= 11 is 0. The average Bonchev–Trinajstić information content (AvgIpc) is 3.32. The Balaban J connectivity index is 2.25. The van der Waals surface area contributed by atoms with Crippen molar-refractivity contribution < 1.29 is 39.8 Å². The highest BCUT2D eigenvalue weighted by Crippen LogP contribution is 2.22. The number of hydrogen-bond donors (Lipinski definition) is 6. The summed E-state index contributed by atoms with van der Waals surface area (Å²) in [4.78, 5) is 13.0. The number of carbonyl (C=O) groups is 1. The Morgan fingerprint density at radius 3 is 1.39 bits per heavy atom. The van der Waals surface area contributed by atoms with E-state index < -0.39 is 49.5 Å². The van der Waals surface area contributed by atoms with Gasteiger partial charge < -0.3 is 40.3 Å². The predicted octanol–water partition coefficient (Wildman–Crippen LogP) is 12.2. The number of rotatable bonds is 42. The number of hydrogen-bond acceptors (Lipinski definition) is 8. The molecule has 1 aliphatic rings. The molecule has 0 radical (unpaired) electrons. The summed E-state index contributed by atoms with van der Waals surface area (Å²) in [5.41, 5.74) is 0. The maximum Gasteiger partial charge on any atom is 0.220 e. The molecule has 0 aromatic heterocycles. The molecule has 1 rings (SSSR count). The molecule has 1 aliphatic heterocycles. The molecular formula is C57H95NO8. The van der Waals surface area contributed by atoms with Gasteiger partial charge in [0.05, 0.1) is 25.4 Å². The van der Waals surface area contributed by atoms with Crippen LogP contribution in [-0.4, -0.2) is 87.5 Å². The molecule has 9 heteroatoms. The maximum absolute atomic E-state index is 13.0. The normalized spacial score (nSPS) is 20.7. The summed E-state index contributed by atoms with van der Waals surface area (Å²) in [6.07, 6.45) is 59.9. The van der Waals surface area contributed by atoms with Crippen molar-refractivity contribution in [2.45, 2.75) is 230 Å². The van der Waals surface area contributed by atoms with Gasteiger partial charge in [-0.25, -0.2) is 0 Å². The van der Waals surface area contributed by atoms with Crippen LogP contribution in [0.1, 0.15) is 187 Å². The lowest BCUT2D eigenvalue weighted by molar-refractivity contribution is -0.302. The minimum absolute atomic E-state index is 0.198. The van der Waals surface area contributed by atoms with Crippen LogP contribution in [0.15, 0.2) is 109 Å². The van der Waals surface area contributed by atoms with Crippen molar-refractivity contribution in [3.63, 3.8) is 0 Å². The highest BCUT2D eigenvalue weighted by atomic mass is 16.7. The molecule has 7 atom stereocenters. The van der Waals surface area contributed by atoms with Crippen molar-refractivity contribution >= 4 is 5.91 Å². The first-order valence-electron chi connectivity index (χ1n) is 26.1. The van der Waals surface area contributed by atoms with Crippen LogP contribution in [-0.2, 0) is 14.3 Å². The van der Waals surface area contributed by atoms with E-state index in [1.807, 2.05) is 6.08 Å². The Labute approximate surface area is 402 Å². The number of ether oxygens (including phenoxy) is 2. The fourth-order valence-corrected chi connectivity index (χ4v) is 7.46. The molecule has 66 heavy (non-hydrogen) atoms. The van der Waals surface area contributed by atoms with E-state index in [1.54, 1.807) is 6.08 Å². The fourth-order valence-electron chi connectivity index (χ4n) is 7.46. The summed E-state index contributed by atoms with van der Waals surface area (Å²) < 4.78 is 11.2. The van der Waals surface area contributed by atoms with Gasteiger partial charge in [0.15, 0.2) is 6.29 Å². The number of aliphatic hydroxyl groups excluding tert-OH is 5. The van der Waals surface area contributed by atoms with Crippen molar-refractivity contribution in [3.05, 3.63) is 109 Å². The van der Waals surface area contributed by atoms with Crippen molar-refractivity contribution in [1.82, 2.24) is 5.32 Å². The smallest absolute Gasteiger partial charge is 0.220 e. The van der Waals surface area contributed by atoms with E-state index in [0.717, 1.165) is 116 Å². The van der Waals surface area contributed by atoms with E-state index in [0.29, 0.717) is 6.42 Å².